The Balaban J connectivity index is 1.63. The van der Waals surface area contributed by atoms with E-state index in [-0.39, 0.29) is 23.9 Å². The molecule has 7 heteroatoms. The Bertz CT molecular complexity index is 840. The van der Waals surface area contributed by atoms with Crippen LogP contribution in [0.4, 0.5) is 0 Å². The van der Waals surface area contributed by atoms with Crippen LogP contribution in [0, 0.1) is 0 Å². The molecule has 1 aliphatic carbocycles. The number of benzene rings is 1. The minimum Gasteiger partial charge on any atom is -0.452 e. The molecule has 0 unspecified atom stereocenters. The molecule has 25 heavy (non-hydrogen) atoms. The highest BCUT2D eigenvalue weighted by atomic mass is 16.5. The average Bonchev–Trinajstić information content (AvgIpc) is 3.10. The first-order chi connectivity index (χ1) is 12.0. The molecule has 1 atom stereocenters. The van der Waals surface area contributed by atoms with Gasteiger partial charge in [0, 0.05) is 11.4 Å². The summed E-state index contributed by atoms with van der Waals surface area (Å²) >= 11 is 0. The average molecular weight is 343 g/mol. The number of rotatable bonds is 5. The summed E-state index contributed by atoms with van der Waals surface area (Å²) in [6.07, 6.45) is 3.20. The number of esters is 1. The van der Waals surface area contributed by atoms with Crippen LogP contribution >= 0.6 is 0 Å². The summed E-state index contributed by atoms with van der Waals surface area (Å²) in [4.78, 5) is 36.0. The lowest BCUT2D eigenvalue weighted by Gasteiger charge is -2.17. The Hall–Kier alpha value is -2.70. The van der Waals surface area contributed by atoms with E-state index in [4.69, 9.17) is 4.74 Å². The van der Waals surface area contributed by atoms with E-state index < -0.39 is 12.1 Å². The topological polar surface area (TPSA) is 101 Å². The van der Waals surface area contributed by atoms with Crippen molar-refractivity contribution in [1.82, 2.24) is 15.5 Å². The fraction of sp³-hybridized carbons (Fsp3) is 0.444. The third-order valence-electron chi connectivity index (χ3n) is 4.47. The zero-order chi connectivity index (χ0) is 17.8. The van der Waals surface area contributed by atoms with E-state index in [0.717, 1.165) is 25.7 Å². The number of aromatic nitrogens is 2. The molecule has 2 N–H and O–H groups in total. The van der Waals surface area contributed by atoms with E-state index in [1.807, 2.05) is 0 Å². The van der Waals surface area contributed by atoms with Crippen LogP contribution in [0.25, 0.3) is 10.8 Å². The maximum atomic E-state index is 12.2. The Morgan fingerprint density at radius 3 is 2.68 bits per heavy atom. The van der Waals surface area contributed by atoms with Gasteiger partial charge < -0.3 is 10.1 Å². The number of H-pyrrole nitrogens is 1. The third kappa shape index (κ3) is 4.04. The zero-order valence-corrected chi connectivity index (χ0v) is 14.1. The van der Waals surface area contributed by atoms with Gasteiger partial charge >= 0.3 is 5.97 Å². The minimum atomic E-state index is -0.859. The maximum Gasteiger partial charge on any atom is 0.312 e. The van der Waals surface area contributed by atoms with Crippen LogP contribution in [0.2, 0.25) is 0 Å². The summed E-state index contributed by atoms with van der Waals surface area (Å²) in [6, 6.07) is 7.10. The van der Waals surface area contributed by atoms with Gasteiger partial charge in [0.2, 0.25) is 0 Å². The monoisotopic (exact) mass is 343 g/mol. The van der Waals surface area contributed by atoms with Crippen LogP contribution in [0.3, 0.4) is 0 Å². The van der Waals surface area contributed by atoms with E-state index >= 15 is 0 Å². The lowest BCUT2D eigenvalue weighted by molar-refractivity contribution is -0.154. The highest BCUT2D eigenvalue weighted by Gasteiger charge is 2.23. The SMILES string of the molecule is C[C@H](OC(=O)Cc1n[nH]c(=O)c2ccccc12)C(=O)NC1CCCC1. The molecule has 0 spiro atoms. The summed E-state index contributed by atoms with van der Waals surface area (Å²) < 4.78 is 5.22. The number of amides is 1. The van der Waals surface area contributed by atoms with Gasteiger partial charge in [-0.05, 0) is 25.8 Å². The fourth-order valence-corrected chi connectivity index (χ4v) is 3.12. The number of nitrogens with one attached hydrogen (secondary N) is 2. The number of hydrogen-bond donors (Lipinski definition) is 2. The Labute approximate surface area is 144 Å². The molecule has 0 saturated heterocycles. The fourth-order valence-electron chi connectivity index (χ4n) is 3.12. The predicted octanol–water partition coefficient (Wildman–Crippen LogP) is 1.46. The smallest absolute Gasteiger partial charge is 0.312 e. The molecule has 1 heterocycles. The second kappa shape index (κ2) is 7.46. The van der Waals surface area contributed by atoms with Crippen LogP contribution in [0.5, 0.6) is 0 Å². The first-order valence-corrected chi connectivity index (χ1v) is 8.51. The summed E-state index contributed by atoms with van der Waals surface area (Å²) in [5.41, 5.74) is 0.112. The van der Waals surface area contributed by atoms with Crippen molar-refractivity contribution in [1.29, 1.82) is 0 Å². The first-order valence-electron chi connectivity index (χ1n) is 8.51. The van der Waals surface area contributed by atoms with Gasteiger partial charge in [0.1, 0.15) is 0 Å². The molecule has 3 rings (SSSR count). The molecule has 2 aromatic rings. The van der Waals surface area contributed by atoms with Gasteiger partial charge in [-0.15, -0.1) is 0 Å². The highest BCUT2D eigenvalue weighted by molar-refractivity contribution is 5.88. The molecule has 7 nitrogen and oxygen atoms in total. The number of fused-ring (bicyclic) bond motifs is 1. The molecular formula is C18H21N3O4. The lowest BCUT2D eigenvalue weighted by atomic mass is 10.1. The third-order valence-corrected chi connectivity index (χ3v) is 4.47. The van der Waals surface area contributed by atoms with E-state index in [0.29, 0.717) is 16.5 Å². The van der Waals surface area contributed by atoms with Gasteiger partial charge in [0.15, 0.2) is 6.10 Å². The Kier molecular flexibility index (Phi) is 5.11. The Morgan fingerprint density at radius 2 is 1.96 bits per heavy atom. The van der Waals surface area contributed by atoms with Gasteiger partial charge in [-0.1, -0.05) is 31.0 Å². The van der Waals surface area contributed by atoms with Gasteiger partial charge in [-0.2, -0.15) is 5.10 Å². The van der Waals surface area contributed by atoms with Crippen LogP contribution in [0.15, 0.2) is 29.1 Å². The van der Waals surface area contributed by atoms with Gasteiger partial charge in [0.25, 0.3) is 11.5 Å². The molecule has 0 aliphatic heterocycles. The minimum absolute atomic E-state index is 0.113. The molecule has 1 aromatic heterocycles. The van der Waals surface area contributed by atoms with Crippen LogP contribution < -0.4 is 10.9 Å². The van der Waals surface area contributed by atoms with Crippen LogP contribution in [0.1, 0.15) is 38.3 Å². The summed E-state index contributed by atoms with van der Waals surface area (Å²) in [5.74, 6) is -0.835. The molecule has 1 amide bonds. The van der Waals surface area contributed by atoms with E-state index in [2.05, 4.69) is 15.5 Å². The molecule has 1 saturated carbocycles. The molecule has 132 valence electrons. The standard InChI is InChI=1S/C18H21N3O4/c1-11(17(23)19-12-6-2-3-7-12)25-16(22)10-15-13-8-4-5-9-14(13)18(24)21-20-15/h4-5,8-9,11-12H,2-3,6-7,10H2,1H3,(H,19,23)(H,21,24)/t11-/m0/s1. The summed E-state index contributed by atoms with van der Waals surface area (Å²) in [6.45, 7) is 1.56. The molecule has 0 bridgehead atoms. The van der Waals surface area contributed by atoms with Gasteiger partial charge in [-0.25, -0.2) is 5.10 Å². The largest absolute Gasteiger partial charge is 0.452 e. The summed E-state index contributed by atoms with van der Waals surface area (Å²) in [7, 11) is 0. The van der Waals surface area contributed by atoms with Crippen molar-refractivity contribution in [2.45, 2.75) is 51.2 Å². The van der Waals surface area contributed by atoms with Gasteiger partial charge in [-0.3, -0.25) is 14.4 Å². The number of carbonyl (C=O) groups excluding carboxylic acids is 2. The first kappa shape index (κ1) is 17.1. The lowest BCUT2D eigenvalue weighted by Crippen LogP contribution is -2.41. The Morgan fingerprint density at radius 1 is 1.28 bits per heavy atom. The highest BCUT2D eigenvalue weighted by Crippen LogP contribution is 2.18. The number of hydrogen-bond acceptors (Lipinski definition) is 5. The quantitative estimate of drug-likeness (QED) is 0.800. The second-order valence-electron chi connectivity index (χ2n) is 6.34. The van der Waals surface area contributed by atoms with Crippen molar-refractivity contribution >= 4 is 22.6 Å². The normalized spacial score (nSPS) is 15.9. The van der Waals surface area contributed by atoms with Gasteiger partial charge in [0.05, 0.1) is 17.5 Å². The number of nitrogens with zero attached hydrogens (tertiary/aromatic N) is 1. The van der Waals surface area contributed by atoms with Crippen molar-refractivity contribution < 1.29 is 14.3 Å². The van der Waals surface area contributed by atoms with Crippen molar-refractivity contribution in [3.63, 3.8) is 0 Å². The number of aromatic amines is 1. The predicted molar refractivity (Wildman–Crippen MR) is 92.0 cm³/mol. The maximum absolute atomic E-state index is 12.2. The van der Waals surface area contributed by atoms with E-state index in [1.54, 1.807) is 31.2 Å². The molecule has 1 aromatic carbocycles. The van der Waals surface area contributed by atoms with E-state index in [1.165, 1.54) is 0 Å². The van der Waals surface area contributed by atoms with E-state index in [9.17, 15) is 14.4 Å². The molecule has 1 aliphatic rings. The second-order valence-corrected chi connectivity index (χ2v) is 6.34. The van der Waals surface area contributed by atoms with Crippen molar-refractivity contribution in [2.24, 2.45) is 0 Å². The van der Waals surface area contributed by atoms with Crippen molar-refractivity contribution in [2.75, 3.05) is 0 Å². The van der Waals surface area contributed by atoms with Crippen molar-refractivity contribution in [3.8, 4) is 0 Å². The molecule has 0 radical (unpaired) electrons. The van der Waals surface area contributed by atoms with Crippen LogP contribution in [-0.4, -0.2) is 34.2 Å². The zero-order valence-electron chi connectivity index (χ0n) is 14.1. The summed E-state index contributed by atoms with van der Waals surface area (Å²) in [5, 5.41) is 10.3. The molecule has 1 fully saturated rings. The van der Waals surface area contributed by atoms with Crippen molar-refractivity contribution in [3.05, 3.63) is 40.3 Å². The van der Waals surface area contributed by atoms with Crippen LogP contribution in [-0.2, 0) is 20.7 Å². The number of ether oxygens (including phenoxy) is 1. The number of carbonyl (C=O) groups is 2. The molecular weight excluding hydrogens is 322 g/mol.